The van der Waals surface area contributed by atoms with Crippen molar-refractivity contribution in [2.75, 3.05) is 19.6 Å². The molecule has 3 heterocycles. The van der Waals surface area contributed by atoms with Crippen LogP contribution in [0.15, 0.2) is 6.20 Å². The highest BCUT2D eigenvalue weighted by Crippen LogP contribution is 2.48. The number of aryl methyl sites for hydroxylation is 1. The van der Waals surface area contributed by atoms with Crippen molar-refractivity contribution in [1.29, 1.82) is 0 Å². The molecule has 0 aliphatic carbocycles. The fraction of sp³-hybridized carbons (Fsp3) is 0.714. The van der Waals surface area contributed by atoms with Crippen LogP contribution in [0, 0.1) is 12.3 Å². The number of halogens is 3. The van der Waals surface area contributed by atoms with Gasteiger partial charge < -0.3 is 10.6 Å². The highest BCUT2D eigenvalue weighted by molar-refractivity contribution is 5.25. The van der Waals surface area contributed by atoms with Crippen molar-refractivity contribution in [3.8, 4) is 0 Å². The lowest BCUT2D eigenvalue weighted by atomic mass is 9.71. The van der Waals surface area contributed by atoms with E-state index in [9.17, 15) is 13.2 Å². The highest BCUT2D eigenvalue weighted by atomic mass is 19.4. The maximum Gasteiger partial charge on any atom is 0.451 e. The zero-order chi connectivity index (χ0) is 15.1. The zero-order valence-electron chi connectivity index (χ0n) is 11.9. The van der Waals surface area contributed by atoms with Crippen LogP contribution in [0.3, 0.4) is 0 Å². The molecule has 2 saturated heterocycles. The third-order valence-corrected chi connectivity index (χ3v) is 4.76. The van der Waals surface area contributed by atoms with Crippen LogP contribution in [0.4, 0.5) is 13.2 Å². The van der Waals surface area contributed by atoms with Crippen LogP contribution in [0.2, 0.25) is 0 Å². The van der Waals surface area contributed by atoms with Gasteiger partial charge in [0.15, 0.2) is 0 Å². The number of rotatable bonds is 1. The van der Waals surface area contributed by atoms with Crippen molar-refractivity contribution < 1.29 is 13.2 Å². The van der Waals surface area contributed by atoms with E-state index in [4.69, 9.17) is 0 Å². The monoisotopic (exact) mass is 300 g/mol. The van der Waals surface area contributed by atoms with Crippen LogP contribution >= 0.6 is 0 Å². The maximum atomic E-state index is 12.7. The molecule has 1 aromatic rings. The lowest BCUT2D eigenvalue weighted by Gasteiger charge is -2.39. The molecule has 1 aromatic heterocycles. The molecule has 7 heteroatoms. The number of hydrogen-bond acceptors (Lipinski definition) is 4. The molecule has 2 aliphatic rings. The second-order valence-electron chi connectivity index (χ2n) is 5.98. The summed E-state index contributed by atoms with van der Waals surface area (Å²) in [5.41, 5.74) is 1.36. The van der Waals surface area contributed by atoms with Gasteiger partial charge in [-0.1, -0.05) is 0 Å². The molecule has 1 spiro atoms. The molecule has 0 aromatic carbocycles. The molecule has 2 fully saturated rings. The third-order valence-electron chi connectivity index (χ3n) is 4.76. The van der Waals surface area contributed by atoms with E-state index in [0.29, 0.717) is 5.69 Å². The van der Waals surface area contributed by atoms with Crippen LogP contribution in [-0.4, -0.2) is 29.6 Å². The van der Waals surface area contributed by atoms with Gasteiger partial charge in [0, 0.05) is 23.5 Å². The van der Waals surface area contributed by atoms with E-state index in [0.717, 1.165) is 44.5 Å². The van der Waals surface area contributed by atoms with Gasteiger partial charge in [-0.15, -0.1) is 0 Å². The molecular formula is C14H19F3N4. The Kier molecular flexibility index (Phi) is 3.65. The molecule has 0 amide bonds. The van der Waals surface area contributed by atoms with Crippen molar-refractivity contribution >= 4 is 0 Å². The average molecular weight is 300 g/mol. The molecule has 0 saturated carbocycles. The normalized spacial score (nSPS) is 25.4. The fourth-order valence-electron chi connectivity index (χ4n) is 3.63. The molecule has 1 unspecified atom stereocenters. The van der Waals surface area contributed by atoms with Gasteiger partial charge in [0.1, 0.15) is 0 Å². The Labute approximate surface area is 121 Å². The Morgan fingerprint density at radius 1 is 1.19 bits per heavy atom. The van der Waals surface area contributed by atoms with Gasteiger partial charge in [-0.25, -0.2) is 9.97 Å². The Hall–Kier alpha value is -1.21. The van der Waals surface area contributed by atoms with Crippen LogP contribution in [0.5, 0.6) is 0 Å². The lowest BCUT2D eigenvalue weighted by Crippen LogP contribution is -2.40. The lowest BCUT2D eigenvalue weighted by molar-refractivity contribution is -0.145. The average Bonchev–Trinajstić information content (AvgIpc) is 2.81. The predicted molar refractivity (Wildman–Crippen MR) is 71.7 cm³/mol. The van der Waals surface area contributed by atoms with E-state index in [-0.39, 0.29) is 11.5 Å². The topological polar surface area (TPSA) is 49.8 Å². The molecule has 1 atom stereocenters. The quantitative estimate of drug-likeness (QED) is 0.835. The van der Waals surface area contributed by atoms with E-state index in [1.54, 1.807) is 6.92 Å². The number of nitrogens with one attached hydrogen (secondary N) is 2. The third kappa shape index (κ3) is 2.64. The van der Waals surface area contributed by atoms with Crippen molar-refractivity contribution in [1.82, 2.24) is 20.6 Å². The zero-order valence-corrected chi connectivity index (χ0v) is 11.9. The summed E-state index contributed by atoms with van der Waals surface area (Å²) in [5, 5.41) is 6.79. The van der Waals surface area contributed by atoms with E-state index < -0.39 is 12.0 Å². The van der Waals surface area contributed by atoms with Gasteiger partial charge in [-0.05, 0) is 51.2 Å². The molecule has 4 nitrogen and oxygen atoms in total. The van der Waals surface area contributed by atoms with Crippen molar-refractivity contribution in [3.05, 3.63) is 23.3 Å². The Balaban J connectivity index is 1.93. The first kappa shape index (κ1) is 14.7. The summed E-state index contributed by atoms with van der Waals surface area (Å²) < 4.78 is 38.0. The molecule has 116 valence electrons. The van der Waals surface area contributed by atoms with Gasteiger partial charge in [0.05, 0.1) is 0 Å². The molecule has 2 aliphatic heterocycles. The fourth-order valence-corrected chi connectivity index (χ4v) is 3.63. The van der Waals surface area contributed by atoms with Crippen LogP contribution < -0.4 is 10.6 Å². The highest BCUT2D eigenvalue weighted by Gasteiger charge is 2.45. The minimum absolute atomic E-state index is 0.0573. The van der Waals surface area contributed by atoms with E-state index in [1.165, 1.54) is 6.20 Å². The molecule has 3 rings (SSSR count). The summed E-state index contributed by atoms with van der Waals surface area (Å²) in [6, 6.07) is 0.0573. The molecule has 2 N–H and O–H groups in total. The summed E-state index contributed by atoms with van der Waals surface area (Å²) in [5.74, 6) is -1.05. The number of aromatic nitrogens is 2. The second-order valence-corrected chi connectivity index (χ2v) is 5.98. The number of nitrogens with zero attached hydrogens (tertiary/aromatic N) is 2. The van der Waals surface area contributed by atoms with Crippen LogP contribution in [0.1, 0.15) is 42.4 Å². The van der Waals surface area contributed by atoms with Gasteiger partial charge in [-0.2, -0.15) is 13.2 Å². The van der Waals surface area contributed by atoms with Crippen LogP contribution in [-0.2, 0) is 6.18 Å². The summed E-state index contributed by atoms with van der Waals surface area (Å²) >= 11 is 0. The van der Waals surface area contributed by atoms with E-state index >= 15 is 0 Å². The first-order valence-corrected chi connectivity index (χ1v) is 7.27. The molecule has 21 heavy (non-hydrogen) atoms. The SMILES string of the molecule is Cc1nc(C(F)(F)F)ncc1C1NCCC12CCNCC2. The van der Waals surface area contributed by atoms with Gasteiger partial charge in [-0.3, -0.25) is 0 Å². The molecule has 0 bridgehead atoms. The molecular weight excluding hydrogens is 281 g/mol. The largest absolute Gasteiger partial charge is 0.451 e. The number of piperidine rings is 1. The first-order chi connectivity index (χ1) is 9.92. The molecule has 0 radical (unpaired) electrons. The predicted octanol–water partition coefficient (Wildman–Crippen LogP) is 2.21. The Bertz CT molecular complexity index is 523. The number of hydrogen-bond donors (Lipinski definition) is 2. The minimum Gasteiger partial charge on any atom is -0.317 e. The summed E-state index contributed by atoms with van der Waals surface area (Å²) in [6.45, 7) is 4.45. The van der Waals surface area contributed by atoms with E-state index in [2.05, 4.69) is 20.6 Å². The minimum atomic E-state index is -4.49. The summed E-state index contributed by atoms with van der Waals surface area (Å²) in [6.07, 6.45) is -0.00711. The number of alkyl halides is 3. The first-order valence-electron chi connectivity index (χ1n) is 7.27. The standard InChI is InChI=1S/C14H19F3N4/c1-9-10(8-20-12(21-9)14(15,16)17)11-13(4-7-19-11)2-5-18-6-3-13/h8,11,18-19H,2-7H2,1H3. The second kappa shape index (κ2) is 5.21. The van der Waals surface area contributed by atoms with Crippen molar-refractivity contribution in [2.24, 2.45) is 5.41 Å². The maximum absolute atomic E-state index is 12.7. The van der Waals surface area contributed by atoms with E-state index in [1.807, 2.05) is 0 Å². The van der Waals surface area contributed by atoms with Crippen molar-refractivity contribution in [3.63, 3.8) is 0 Å². The smallest absolute Gasteiger partial charge is 0.317 e. The van der Waals surface area contributed by atoms with Crippen molar-refractivity contribution in [2.45, 2.75) is 38.4 Å². The van der Waals surface area contributed by atoms with Gasteiger partial charge in [0.2, 0.25) is 5.82 Å². The summed E-state index contributed by atoms with van der Waals surface area (Å²) in [4.78, 5) is 7.22. The summed E-state index contributed by atoms with van der Waals surface area (Å²) in [7, 11) is 0. The van der Waals surface area contributed by atoms with Crippen LogP contribution in [0.25, 0.3) is 0 Å². The Morgan fingerprint density at radius 3 is 2.48 bits per heavy atom. The van der Waals surface area contributed by atoms with Gasteiger partial charge in [0.25, 0.3) is 0 Å². The Morgan fingerprint density at radius 2 is 1.86 bits per heavy atom. The van der Waals surface area contributed by atoms with Gasteiger partial charge >= 0.3 is 6.18 Å².